The Bertz CT molecular complexity index is 1140. The average molecular weight is 453 g/mol. The highest BCUT2D eigenvalue weighted by Crippen LogP contribution is 2.37. The molecule has 160 valence electrons. The van der Waals surface area contributed by atoms with E-state index in [0.717, 1.165) is 10.9 Å². The van der Waals surface area contributed by atoms with Gasteiger partial charge < -0.3 is 14.4 Å². The van der Waals surface area contributed by atoms with Crippen molar-refractivity contribution in [2.75, 3.05) is 6.54 Å². The minimum atomic E-state index is -4.29. The van der Waals surface area contributed by atoms with E-state index in [1.807, 2.05) is 33.7 Å². The molecule has 1 saturated carbocycles. The predicted octanol–water partition coefficient (Wildman–Crippen LogP) is 2.37. The number of halogens is 1. The Morgan fingerprint density at radius 1 is 1.20 bits per heavy atom. The number of rotatable bonds is 7. The number of aliphatic hydroxyl groups is 1. The van der Waals surface area contributed by atoms with Gasteiger partial charge >= 0.3 is 10.3 Å². The molecule has 0 spiro atoms. The van der Waals surface area contributed by atoms with E-state index in [4.69, 9.17) is 20.9 Å². The van der Waals surface area contributed by atoms with E-state index in [9.17, 15) is 13.5 Å². The summed E-state index contributed by atoms with van der Waals surface area (Å²) in [6, 6.07) is 9.15. The topological polar surface area (TPSA) is 127 Å². The zero-order chi connectivity index (χ0) is 21.3. The molecule has 0 unspecified atom stereocenters. The normalized spacial score (nSPS) is 21.9. The molecule has 0 aliphatic heterocycles. The maximum absolute atomic E-state index is 10.9. The van der Waals surface area contributed by atoms with Crippen LogP contribution in [0.15, 0.2) is 42.9 Å². The van der Waals surface area contributed by atoms with Gasteiger partial charge in [-0.3, -0.25) is 4.55 Å². The number of nitrogens with one attached hydrogen (secondary N) is 1. The minimum absolute atomic E-state index is 0.0276. The second-order valence-electron chi connectivity index (χ2n) is 7.33. The highest BCUT2D eigenvalue weighted by atomic mass is 35.5. The molecule has 0 amide bonds. The van der Waals surface area contributed by atoms with E-state index in [1.54, 1.807) is 12.1 Å². The van der Waals surface area contributed by atoms with Crippen LogP contribution in [-0.2, 0) is 16.9 Å². The second kappa shape index (κ2) is 8.48. The largest absolute Gasteiger partial charge is 0.472 e. The van der Waals surface area contributed by atoms with E-state index in [2.05, 4.69) is 9.97 Å². The van der Waals surface area contributed by atoms with Gasteiger partial charge in [-0.05, 0) is 36.6 Å². The van der Waals surface area contributed by atoms with Gasteiger partial charge in [0.25, 0.3) is 0 Å². The number of ether oxygens (including phenoxy) is 1. The zero-order valence-corrected chi connectivity index (χ0v) is 17.4. The quantitative estimate of drug-likeness (QED) is 0.469. The van der Waals surface area contributed by atoms with Gasteiger partial charge in [0.15, 0.2) is 0 Å². The maximum atomic E-state index is 10.9. The molecule has 30 heavy (non-hydrogen) atoms. The van der Waals surface area contributed by atoms with Crippen LogP contribution in [-0.4, -0.2) is 45.3 Å². The van der Waals surface area contributed by atoms with Gasteiger partial charge in [-0.25, -0.2) is 9.97 Å². The van der Waals surface area contributed by atoms with Crippen molar-refractivity contribution in [3.63, 3.8) is 0 Å². The van der Waals surface area contributed by atoms with Crippen LogP contribution in [0.5, 0.6) is 5.88 Å². The summed E-state index contributed by atoms with van der Waals surface area (Å²) in [5.74, 6) is 0.147. The summed E-state index contributed by atoms with van der Waals surface area (Å²) >= 11 is 5.91. The smallest absolute Gasteiger partial charge is 0.333 e. The monoisotopic (exact) mass is 452 g/mol. The Kier molecular flexibility index (Phi) is 5.94. The fourth-order valence-corrected chi connectivity index (χ4v) is 4.37. The number of aromatic nitrogens is 3. The Labute approximate surface area is 178 Å². The minimum Gasteiger partial charge on any atom is -0.472 e. The summed E-state index contributed by atoms with van der Waals surface area (Å²) in [5, 5.41) is 11.7. The van der Waals surface area contributed by atoms with Crippen LogP contribution >= 0.6 is 11.6 Å². The molecule has 0 saturated heterocycles. The molecule has 2 heterocycles. The highest BCUT2D eigenvalue weighted by Gasteiger charge is 2.35. The van der Waals surface area contributed by atoms with Crippen LogP contribution in [0.4, 0.5) is 0 Å². The van der Waals surface area contributed by atoms with Gasteiger partial charge in [0, 0.05) is 29.7 Å². The molecule has 1 aromatic carbocycles. The lowest BCUT2D eigenvalue weighted by molar-refractivity contribution is 0.133. The van der Waals surface area contributed by atoms with Crippen molar-refractivity contribution in [3.8, 4) is 5.88 Å². The molecule has 0 bridgehead atoms. The molecule has 0 radical (unpaired) electrons. The summed E-state index contributed by atoms with van der Waals surface area (Å²) in [6.45, 7) is 0.306. The van der Waals surface area contributed by atoms with Crippen molar-refractivity contribution < 1.29 is 22.8 Å². The Morgan fingerprint density at radius 3 is 2.70 bits per heavy atom. The number of benzene rings is 1. The molecule has 11 heteroatoms. The van der Waals surface area contributed by atoms with E-state index in [-0.39, 0.29) is 18.5 Å². The van der Waals surface area contributed by atoms with Crippen LogP contribution in [0, 0.1) is 5.92 Å². The third kappa shape index (κ3) is 4.73. The van der Waals surface area contributed by atoms with E-state index < -0.39 is 16.4 Å². The van der Waals surface area contributed by atoms with Gasteiger partial charge in [0.05, 0.1) is 11.5 Å². The van der Waals surface area contributed by atoms with Gasteiger partial charge in [-0.15, -0.1) is 0 Å². The first kappa shape index (κ1) is 21.0. The van der Waals surface area contributed by atoms with Crippen molar-refractivity contribution in [2.24, 2.45) is 5.92 Å². The molecule has 4 rings (SSSR count). The third-order valence-electron chi connectivity index (χ3n) is 5.32. The van der Waals surface area contributed by atoms with E-state index in [0.29, 0.717) is 36.0 Å². The van der Waals surface area contributed by atoms with Crippen LogP contribution in [0.2, 0.25) is 5.02 Å². The molecule has 1 fully saturated rings. The van der Waals surface area contributed by atoms with Crippen molar-refractivity contribution >= 4 is 32.9 Å². The molecule has 3 atom stereocenters. The van der Waals surface area contributed by atoms with Gasteiger partial charge in [-0.2, -0.15) is 13.1 Å². The third-order valence-corrected chi connectivity index (χ3v) is 6.10. The number of aliphatic hydroxyl groups excluding tert-OH is 1. The summed E-state index contributed by atoms with van der Waals surface area (Å²) in [5.41, 5.74) is 1.63. The molecule has 3 aromatic rings. The standard InChI is InChI=1S/C19H21ClN4O5S/c20-14-3-1-12(2-4-14)10-29-19-16-5-6-24(18(16)21-11-22-19)15-7-13(17(25)8-15)9-23-30(26,27)28/h1-6,11,13,15,17,23,25H,7-10H2,(H,26,27,28)/t13-,15+,17-/m0/s1. The van der Waals surface area contributed by atoms with E-state index in [1.165, 1.54) is 6.33 Å². The lowest BCUT2D eigenvalue weighted by atomic mass is 10.1. The fourth-order valence-electron chi connectivity index (χ4n) is 3.82. The van der Waals surface area contributed by atoms with Crippen LogP contribution < -0.4 is 9.46 Å². The zero-order valence-electron chi connectivity index (χ0n) is 15.8. The van der Waals surface area contributed by atoms with Crippen molar-refractivity contribution in [1.82, 2.24) is 19.3 Å². The number of hydrogen-bond donors (Lipinski definition) is 3. The fraction of sp³-hybridized carbons (Fsp3) is 0.368. The van der Waals surface area contributed by atoms with E-state index >= 15 is 0 Å². The average Bonchev–Trinajstić information content (AvgIpc) is 3.29. The molecule has 1 aliphatic rings. The first-order valence-corrected chi connectivity index (χ1v) is 11.2. The molecule has 9 nitrogen and oxygen atoms in total. The number of hydrogen-bond acceptors (Lipinski definition) is 6. The predicted molar refractivity (Wildman–Crippen MR) is 111 cm³/mol. The number of nitrogens with zero attached hydrogens (tertiary/aromatic N) is 3. The Balaban J connectivity index is 1.49. The van der Waals surface area contributed by atoms with Gasteiger partial charge in [0.2, 0.25) is 5.88 Å². The summed E-state index contributed by atoms with van der Waals surface area (Å²) in [6.07, 6.45) is 3.60. The summed E-state index contributed by atoms with van der Waals surface area (Å²) < 4.78 is 40.6. The molecular formula is C19H21ClN4O5S. The molecule has 2 aromatic heterocycles. The molecule has 1 aliphatic carbocycles. The first-order valence-electron chi connectivity index (χ1n) is 9.39. The van der Waals surface area contributed by atoms with Crippen LogP contribution in [0.25, 0.3) is 11.0 Å². The summed E-state index contributed by atoms with van der Waals surface area (Å²) in [7, 11) is -4.29. The van der Waals surface area contributed by atoms with Gasteiger partial charge in [0.1, 0.15) is 18.6 Å². The molecular weight excluding hydrogens is 432 g/mol. The Hall–Kier alpha value is -2.24. The van der Waals surface area contributed by atoms with Crippen LogP contribution in [0.3, 0.4) is 0 Å². The SMILES string of the molecule is O=S(=O)(O)NC[C@@H]1C[C@@H](n2ccc3c(OCc4ccc(Cl)cc4)ncnc32)C[C@@H]1O. The summed E-state index contributed by atoms with van der Waals surface area (Å²) in [4.78, 5) is 8.61. The lowest BCUT2D eigenvalue weighted by Crippen LogP contribution is -2.31. The highest BCUT2D eigenvalue weighted by molar-refractivity contribution is 7.83. The lowest BCUT2D eigenvalue weighted by Gasteiger charge is -2.14. The van der Waals surface area contributed by atoms with Crippen molar-refractivity contribution in [1.29, 1.82) is 0 Å². The van der Waals surface area contributed by atoms with Crippen molar-refractivity contribution in [2.45, 2.75) is 31.6 Å². The second-order valence-corrected chi connectivity index (χ2v) is 9.01. The maximum Gasteiger partial charge on any atom is 0.333 e. The van der Waals surface area contributed by atoms with Gasteiger partial charge in [-0.1, -0.05) is 23.7 Å². The number of fused-ring (bicyclic) bond motifs is 1. The first-order chi connectivity index (χ1) is 14.3. The van der Waals surface area contributed by atoms with Crippen LogP contribution in [0.1, 0.15) is 24.4 Å². The Morgan fingerprint density at radius 2 is 1.97 bits per heavy atom. The molecule has 3 N–H and O–H groups in total. The van der Waals surface area contributed by atoms with Crippen molar-refractivity contribution in [3.05, 3.63) is 53.4 Å².